The van der Waals surface area contributed by atoms with E-state index < -0.39 is 0 Å². The van der Waals surface area contributed by atoms with Crippen LogP contribution in [-0.2, 0) is 0 Å². The summed E-state index contributed by atoms with van der Waals surface area (Å²) in [6.07, 6.45) is 3.55. The zero-order valence-corrected chi connectivity index (χ0v) is 12.2. The molecule has 0 spiro atoms. The van der Waals surface area contributed by atoms with Crippen LogP contribution in [0.1, 0.15) is 43.2 Å². The molecule has 1 aromatic heterocycles. The number of hydrogen-bond acceptors (Lipinski definition) is 2. The van der Waals surface area contributed by atoms with Crippen molar-refractivity contribution in [3.05, 3.63) is 23.0 Å². The average Bonchev–Trinajstić information content (AvgIpc) is 2.95. The van der Waals surface area contributed by atoms with E-state index in [0.717, 1.165) is 25.9 Å². The van der Waals surface area contributed by atoms with Crippen LogP contribution in [0.2, 0.25) is 5.02 Å². The number of rotatable bonds is 4. The van der Waals surface area contributed by atoms with Gasteiger partial charge in [0.15, 0.2) is 0 Å². The summed E-state index contributed by atoms with van der Waals surface area (Å²) in [5, 5.41) is 9.56. The Bertz CT molecular complexity index is 456. The highest BCUT2D eigenvalue weighted by Gasteiger charge is 2.28. The molecular weight excluding hydrogens is 264 g/mol. The molecule has 1 aromatic rings. The van der Waals surface area contributed by atoms with Crippen LogP contribution in [0.3, 0.4) is 0 Å². The van der Waals surface area contributed by atoms with Gasteiger partial charge in [-0.3, -0.25) is 4.79 Å². The monoisotopic (exact) mass is 284 g/mol. The van der Waals surface area contributed by atoms with Gasteiger partial charge in [0.25, 0.3) is 5.91 Å². The molecule has 0 radical (unpaired) electrons. The van der Waals surface area contributed by atoms with Crippen molar-refractivity contribution >= 4 is 17.5 Å². The zero-order valence-electron chi connectivity index (χ0n) is 11.5. The highest BCUT2D eigenvalue weighted by Crippen LogP contribution is 2.24. The fraction of sp³-hybridized carbons (Fsp3) is 0.643. The van der Waals surface area contributed by atoms with E-state index >= 15 is 0 Å². The number of aliphatic hydroxyl groups is 1. The van der Waals surface area contributed by atoms with Gasteiger partial charge in [0.2, 0.25) is 0 Å². The number of carbonyl (C=O) groups is 1. The summed E-state index contributed by atoms with van der Waals surface area (Å²) < 4.78 is 1.92. The minimum absolute atomic E-state index is 0.0426. The van der Waals surface area contributed by atoms with Crippen molar-refractivity contribution in [2.75, 3.05) is 19.7 Å². The van der Waals surface area contributed by atoms with E-state index in [0.29, 0.717) is 16.6 Å². The Labute approximate surface area is 119 Å². The molecule has 0 bridgehead atoms. The highest BCUT2D eigenvalue weighted by molar-refractivity contribution is 6.31. The quantitative estimate of drug-likeness (QED) is 0.924. The topological polar surface area (TPSA) is 45.5 Å². The summed E-state index contributed by atoms with van der Waals surface area (Å²) in [5.74, 6) is 0.466. The number of nitrogens with zero attached hydrogens (tertiary/aromatic N) is 2. The SMILES string of the molecule is CC(C)n1cc(Cl)cc1C(=O)N1CCC(CCO)C1. The average molecular weight is 285 g/mol. The predicted molar refractivity (Wildman–Crippen MR) is 75.5 cm³/mol. The van der Waals surface area contributed by atoms with Crippen molar-refractivity contribution in [2.45, 2.75) is 32.7 Å². The Morgan fingerprint density at radius 2 is 2.32 bits per heavy atom. The van der Waals surface area contributed by atoms with Crippen molar-refractivity contribution in [1.29, 1.82) is 0 Å². The third-order valence-electron chi connectivity index (χ3n) is 3.70. The standard InChI is InChI=1S/C14H21ClN2O2/c1-10(2)17-9-12(15)7-13(17)14(19)16-5-3-11(8-16)4-6-18/h7,9-11,18H,3-6,8H2,1-2H3. The third-order valence-corrected chi connectivity index (χ3v) is 3.91. The molecular formula is C14H21ClN2O2. The number of hydrogen-bond donors (Lipinski definition) is 1. The molecule has 1 aliphatic heterocycles. The maximum absolute atomic E-state index is 12.5. The van der Waals surface area contributed by atoms with Crippen LogP contribution in [0.5, 0.6) is 0 Å². The fourth-order valence-corrected chi connectivity index (χ4v) is 2.85. The summed E-state index contributed by atoms with van der Waals surface area (Å²) in [6.45, 7) is 5.77. The van der Waals surface area contributed by atoms with Gasteiger partial charge in [0, 0.05) is 31.9 Å². The molecule has 1 fully saturated rings. The summed E-state index contributed by atoms with van der Waals surface area (Å²) in [6, 6.07) is 1.95. The van der Waals surface area contributed by atoms with Gasteiger partial charge < -0.3 is 14.6 Å². The number of aromatic nitrogens is 1. The Kier molecular flexibility index (Phi) is 4.53. The molecule has 1 amide bonds. The predicted octanol–water partition coefficient (Wildman–Crippen LogP) is 2.57. The Hall–Kier alpha value is -1.00. The van der Waals surface area contributed by atoms with Gasteiger partial charge in [0.05, 0.1) is 5.02 Å². The third kappa shape index (κ3) is 3.12. The molecule has 1 unspecified atom stereocenters. The van der Waals surface area contributed by atoms with E-state index in [2.05, 4.69) is 0 Å². The number of likely N-dealkylation sites (tertiary alicyclic amines) is 1. The van der Waals surface area contributed by atoms with Crippen LogP contribution in [0.25, 0.3) is 0 Å². The lowest BCUT2D eigenvalue weighted by Crippen LogP contribution is -2.30. The Morgan fingerprint density at radius 1 is 1.58 bits per heavy atom. The van der Waals surface area contributed by atoms with Crippen LogP contribution < -0.4 is 0 Å². The van der Waals surface area contributed by atoms with Crippen LogP contribution in [-0.4, -0.2) is 40.2 Å². The number of amides is 1. The van der Waals surface area contributed by atoms with Gasteiger partial charge in [-0.15, -0.1) is 0 Å². The molecule has 19 heavy (non-hydrogen) atoms. The molecule has 106 valence electrons. The van der Waals surface area contributed by atoms with Crippen molar-refractivity contribution in [1.82, 2.24) is 9.47 Å². The molecule has 1 aliphatic rings. The molecule has 0 aliphatic carbocycles. The summed E-state index contributed by atoms with van der Waals surface area (Å²) >= 11 is 6.01. The van der Waals surface area contributed by atoms with Crippen molar-refractivity contribution in [3.63, 3.8) is 0 Å². The van der Waals surface area contributed by atoms with Gasteiger partial charge >= 0.3 is 0 Å². The molecule has 4 nitrogen and oxygen atoms in total. The van der Waals surface area contributed by atoms with Gasteiger partial charge in [-0.1, -0.05) is 11.6 Å². The van der Waals surface area contributed by atoms with E-state index in [1.165, 1.54) is 0 Å². The highest BCUT2D eigenvalue weighted by atomic mass is 35.5. The second kappa shape index (κ2) is 5.97. The van der Waals surface area contributed by atoms with E-state index in [9.17, 15) is 4.79 Å². The maximum Gasteiger partial charge on any atom is 0.270 e. The summed E-state index contributed by atoms with van der Waals surface area (Å²) in [7, 11) is 0. The van der Waals surface area contributed by atoms with Crippen LogP contribution >= 0.6 is 11.6 Å². The van der Waals surface area contributed by atoms with Crippen molar-refractivity contribution in [2.24, 2.45) is 5.92 Å². The molecule has 5 heteroatoms. The second-order valence-electron chi connectivity index (χ2n) is 5.46. The Morgan fingerprint density at radius 3 is 2.95 bits per heavy atom. The molecule has 0 aromatic carbocycles. The lowest BCUT2D eigenvalue weighted by Gasteiger charge is -2.19. The van der Waals surface area contributed by atoms with Crippen LogP contribution in [0, 0.1) is 5.92 Å². The minimum atomic E-state index is 0.0426. The van der Waals surface area contributed by atoms with E-state index in [-0.39, 0.29) is 18.6 Å². The lowest BCUT2D eigenvalue weighted by atomic mass is 10.1. The smallest absolute Gasteiger partial charge is 0.270 e. The molecule has 1 saturated heterocycles. The van der Waals surface area contributed by atoms with E-state index in [1.54, 1.807) is 12.3 Å². The lowest BCUT2D eigenvalue weighted by molar-refractivity contribution is 0.0772. The van der Waals surface area contributed by atoms with Gasteiger partial charge in [0.1, 0.15) is 5.69 Å². The van der Waals surface area contributed by atoms with Crippen molar-refractivity contribution < 1.29 is 9.90 Å². The molecule has 1 N–H and O–H groups in total. The number of halogens is 1. The van der Waals surface area contributed by atoms with Crippen LogP contribution in [0.4, 0.5) is 0 Å². The largest absolute Gasteiger partial charge is 0.396 e. The van der Waals surface area contributed by atoms with Gasteiger partial charge in [-0.2, -0.15) is 0 Å². The second-order valence-corrected chi connectivity index (χ2v) is 5.90. The van der Waals surface area contributed by atoms with Gasteiger partial charge in [-0.05, 0) is 38.7 Å². The minimum Gasteiger partial charge on any atom is -0.396 e. The summed E-state index contributed by atoms with van der Waals surface area (Å²) in [4.78, 5) is 14.4. The first-order valence-corrected chi connectivity index (χ1v) is 7.18. The van der Waals surface area contributed by atoms with Crippen molar-refractivity contribution in [3.8, 4) is 0 Å². The first-order chi connectivity index (χ1) is 9.02. The molecule has 2 rings (SSSR count). The van der Waals surface area contributed by atoms with Crippen LogP contribution in [0.15, 0.2) is 12.3 Å². The molecule has 0 saturated carbocycles. The Balaban J connectivity index is 2.12. The first-order valence-electron chi connectivity index (χ1n) is 6.80. The van der Waals surface area contributed by atoms with E-state index in [1.807, 2.05) is 23.3 Å². The first kappa shape index (κ1) is 14.4. The maximum atomic E-state index is 12.5. The molecule has 2 heterocycles. The number of carbonyl (C=O) groups excluding carboxylic acids is 1. The number of aliphatic hydroxyl groups excluding tert-OH is 1. The molecule has 1 atom stereocenters. The van der Waals surface area contributed by atoms with E-state index in [4.69, 9.17) is 16.7 Å². The fourth-order valence-electron chi connectivity index (χ4n) is 2.64. The summed E-state index contributed by atoms with van der Waals surface area (Å²) in [5.41, 5.74) is 0.657. The van der Waals surface area contributed by atoms with Gasteiger partial charge in [-0.25, -0.2) is 0 Å². The zero-order chi connectivity index (χ0) is 14.0. The normalized spacial score (nSPS) is 19.4.